The second-order valence-electron chi connectivity index (χ2n) is 5.48. The number of alkyl halides is 3. The van der Waals surface area contributed by atoms with Gasteiger partial charge in [0.25, 0.3) is 10.0 Å². The Balaban J connectivity index is 2.10. The summed E-state index contributed by atoms with van der Waals surface area (Å²) in [4.78, 5) is 3.85. The van der Waals surface area contributed by atoms with Crippen LogP contribution in [0, 0.1) is 6.92 Å². The minimum atomic E-state index is -4.61. The quantitative estimate of drug-likeness (QED) is 0.941. The van der Waals surface area contributed by atoms with Crippen molar-refractivity contribution < 1.29 is 21.6 Å². The molecule has 0 aliphatic heterocycles. The summed E-state index contributed by atoms with van der Waals surface area (Å²) in [6.07, 6.45) is -3.76. The number of nitrogens with one attached hydrogen (secondary N) is 1. The molecular weight excluding hydrogens is 317 g/mol. The summed E-state index contributed by atoms with van der Waals surface area (Å²) >= 11 is 0. The Kier molecular flexibility index (Phi) is 3.23. The van der Waals surface area contributed by atoms with Crippen LogP contribution in [0.3, 0.4) is 0 Å². The predicted octanol–water partition coefficient (Wildman–Crippen LogP) is 2.92. The third-order valence-electron chi connectivity index (χ3n) is 3.83. The van der Waals surface area contributed by atoms with Crippen molar-refractivity contribution in [1.29, 1.82) is 0 Å². The van der Waals surface area contributed by atoms with Crippen LogP contribution < -0.4 is 4.72 Å². The van der Waals surface area contributed by atoms with E-state index >= 15 is 0 Å². The molecule has 3 rings (SSSR count). The summed E-state index contributed by atoms with van der Waals surface area (Å²) in [5, 5.41) is 0.590. The topological polar surface area (TPSA) is 59.1 Å². The summed E-state index contributed by atoms with van der Waals surface area (Å²) in [6.45, 7) is 1.76. The highest BCUT2D eigenvalue weighted by Gasteiger charge is 2.65. The number of hydrogen-bond donors (Lipinski definition) is 1. The average Bonchev–Trinajstić information content (AvgIpc) is 3.19. The fourth-order valence-electron chi connectivity index (χ4n) is 2.40. The van der Waals surface area contributed by atoms with Gasteiger partial charge in [-0.15, -0.1) is 0 Å². The molecule has 22 heavy (non-hydrogen) atoms. The van der Waals surface area contributed by atoms with E-state index in [4.69, 9.17) is 0 Å². The van der Waals surface area contributed by atoms with Gasteiger partial charge >= 0.3 is 6.18 Å². The van der Waals surface area contributed by atoms with E-state index in [0.29, 0.717) is 10.8 Å². The SMILES string of the molecule is Cc1cnc(S(=O)(=O)NC2(C(F)(F)F)CC2)c2ccccc12. The molecule has 0 unspecified atom stereocenters. The molecule has 4 nitrogen and oxygen atoms in total. The van der Waals surface area contributed by atoms with Crippen LogP contribution in [0.1, 0.15) is 18.4 Å². The van der Waals surface area contributed by atoms with Crippen molar-refractivity contribution in [3.63, 3.8) is 0 Å². The second kappa shape index (κ2) is 4.66. The standard InChI is InChI=1S/C14H13F3N2O2S/c1-9-8-18-12(11-5-3-2-4-10(9)11)22(20,21)19-13(6-7-13)14(15,16)17/h2-5,8,19H,6-7H2,1H3. The monoisotopic (exact) mass is 330 g/mol. The van der Waals surface area contributed by atoms with Crippen LogP contribution in [0.4, 0.5) is 13.2 Å². The molecular formula is C14H13F3N2O2S. The van der Waals surface area contributed by atoms with E-state index in [1.807, 2.05) is 0 Å². The number of nitrogens with zero attached hydrogens (tertiary/aromatic N) is 1. The second-order valence-corrected chi connectivity index (χ2v) is 7.08. The molecule has 0 atom stereocenters. The van der Waals surface area contributed by atoms with Gasteiger partial charge in [0.05, 0.1) is 0 Å². The Morgan fingerprint density at radius 2 is 1.77 bits per heavy atom. The van der Waals surface area contributed by atoms with E-state index in [-0.39, 0.29) is 17.9 Å². The summed E-state index contributed by atoms with van der Waals surface area (Å²) in [5.41, 5.74) is -1.59. The normalized spacial score (nSPS) is 17.6. The lowest BCUT2D eigenvalue weighted by molar-refractivity contribution is -0.160. The lowest BCUT2D eigenvalue weighted by atomic mass is 10.1. The minimum Gasteiger partial charge on any atom is -0.243 e. The Morgan fingerprint density at radius 3 is 2.32 bits per heavy atom. The van der Waals surface area contributed by atoms with Gasteiger partial charge in [-0.3, -0.25) is 0 Å². The molecule has 0 spiro atoms. The summed E-state index contributed by atoms with van der Waals surface area (Å²) in [6, 6.07) is 6.61. The molecule has 118 valence electrons. The number of rotatable bonds is 3. The zero-order valence-corrected chi connectivity index (χ0v) is 12.4. The predicted molar refractivity (Wildman–Crippen MR) is 74.8 cm³/mol. The Labute approximate surface area is 125 Å². The highest BCUT2D eigenvalue weighted by molar-refractivity contribution is 7.89. The third-order valence-corrected chi connectivity index (χ3v) is 5.33. The van der Waals surface area contributed by atoms with Crippen molar-refractivity contribution in [2.75, 3.05) is 0 Å². The molecule has 1 aliphatic carbocycles. The number of aryl methyl sites for hydroxylation is 1. The van der Waals surface area contributed by atoms with Crippen molar-refractivity contribution in [2.45, 2.75) is 36.5 Å². The first kappa shape index (κ1) is 15.2. The van der Waals surface area contributed by atoms with Crippen LogP contribution in [0.5, 0.6) is 0 Å². The number of fused-ring (bicyclic) bond motifs is 1. The van der Waals surface area contributed by atoms with Gasteiger partial charge in [-0.2, -0.15) is 17.9 Å². The van der Waals surface area contributed by atoms with E-state index in [1.54, 1.807) is 29.8 Å². The molecule has 1 aromatic heterocycles. The Morgan fingerprint density at radius 1 is 1.18 bits per heavy atom. The van der Waals surface area contributed by atoms with Crippen molar-refractivity contribution in [2.24, 2.45) is 0 Å². The van der Waals surface area contributed by atoms with Crippen LogP contribution in [0.2, 0.25) is 0 Å². The lowest BCUT2D eigenvalue weighted by Gasteiger charge is -2.20. The molecule has 1 N–H and O–H groups in total. The number of sulfonamides is 1. The van der Waals surface area contributed by atoms with Gasteiger partial charge in [0.2, 0.25) is 0 Å². The lowest BCUT2D eigenvalue weighted by Crippen LogP contribution is -2.47. The van der Waals surface area contributed by atoms with E-state index in [2.05, 4.69) is 4.98 Å². The molecule has 1 heterocycles. The molecule has 8 heteroatoms. The van der Waals surface area contributed by atoms with Crippen LogP contribution >= 0.6 is 0 Å². The first-order valence-corrected chi connectivity index (χ1v) is 8.10. The van der Waals surface area contributed by atoms with Crippen LogP contribution in [-0.4, -0.2) is 25.1 Å². The highest BCUT2D eigenvalue weighted by Crippen LogP contribution is 2.49. The average molecular weight is 330 g/mol. The summed E-state index contributed by atoms with van der Waals surface area (Å²) in [5.74, 6) is 0. The number of aromatic nitrogens is 1. The maximum absolute atomic E-state index is 13.0. The van der Waals surface area contributed by atoms with Crippen LogP contribution in [-0.2, 0) is 10.0 Å². The molecule has 0 radical (unpaired) electrons. The largest absolute Gasteiger partial charge is 0.407 e. The van der Waals surface area contributed by atoms with Crippen LogP contribution in [0.15, 0.2) is 35.5 Å². The maximum Gasteiger partial charge on any atom is 0.407 e. The smallest absolute Gasteiger partial charge is 0.243 e. The van der Waals surface area contributed by atoms with Gasteiger partial charge in [-0.25, -0.2) is 13.4 Å². The van der Waals surface area contributed by atoms with Crippen molar-refractivity contribution in [3.8, 4) is 0 Å². The Bertz CT molecular complexity index is 843. The van der Waals surface area contributed by atoms with E-state index in [0.717, 1.165) is 5.56 Å². The minimum absolute atomic E-state index is 0.250. The van der Waals surface area contributed by atoms with Gasteiger partial charge in [0.1, 0.15) is 5.54 Å². The molecule has 0 saturated heterocycles. The van der Waals surface area contributed by atoms with Gasteiger partial charge in [0, 0.05) is 11.6 Å². The first-order chi connectivity index (χ1) is 10.2. The molecule has 1 aromatic carbocycles. The third kappa shape index (κ3) is 2.36. The van der Waals surface area contributed by atoms with Crippen molar-refractivity contribution in [3.05, 3.63) is 36.0 Å². The summed E-state index contributed by atoms with van der Waals surface area (Å²) < 4.78 is 65.5. The number of hydrogen-bond acceptors (Lipinski definition) is 3. The molecule has 0 bridgehead atoms. The van der Waals surface area contributed by atoms with E-state index < -0.39 is 21.7 Å². The van der Waals surface area contributed by atoms with Crippen molar-refractivity contribution in [1.82, 2.24) is 9.71 Å². The fraction of sp³-hybridized carbons (Fsp3) is 0.357. The fourth-order valence-corrected chi connectivity index (χ4v) is 3.99. The molecule has 2 aromatic rings. The highest BCUT2D eigenvalue weighted by atomic mass is 32.2. The zero-order valence-electron chi connectivity index (χ0n) is 11.6. The molecule has 1 aliphatic rings. The zero-order chi connectivity index (χ0) is 16.2. The number of benzene rings is 1. The van der Waals surface area contributed by atoms with Gasteiger partial charge in [-0.05, 0) is 30.7 Å². The van der Waals surface area contributed by atoms with Gasteiger partial charge in [-0.1, -0.05) is 24.3 Å². The van der Waals surface area contributed by atoms with Gasteiger partial charge in [0.15, 0.2) is 5.03 Å². The molecule has 1 fully saturated rings. The van der Waals surface area contributed by atoms with E-state index in [9.17, 15) is 21.6 Å². The molecule has 0 amide bonds. The number of halogens is 3. The molecule has 1 saturated carbocycles. The van der Waals surface area contributed by atoms with Crippen LogP contribution in [0.25, 0.3) is 10.8 Å². The van der Waals surface area contributed by atoms with Crippen molar-refractivity contribution >= 4 is 20.8 Å². The van der Waals surface area contributed by atoms with Gasteiger partial charge < -0.3 is 0 Å². The first-order valence-electron chi connectivity index (χ1n) is 6.61. The maximum atomic E-state index is 13.0. The number of pyridine rings is 1. The van der Waals surface area contributed by atoms with E-state index in [1.165, 1.54) is 12.3 Å². The Hall–Kier alpha value is -1.67. The summed E-state index contributed by atoms with van der Waals surface area (Å²) in [7, 11) is -4.36.